The third kappa shape index (κ3) is 4.91. The fraction of sp³-hybridized carbons (Fsp3) is 0.414. The first-order valence-electron chi connectivity index (χ1n) is 12.8. The molecule has 4 atom stereocenters. The zero-order valence-corrected chi connectivity index (χ0v) is 21.8. The Kier molecular flexibility index (Phi) is 6.64. The molecule has 2 saturated heterocycles. The Morgan fingerprint density at radius 3 is 2.46 bits per heavy atom. The van der Waals surface area contributed by atoms with E-state index in [4.69, 9.17) is 9.47 Å². The predicted octanol–water partition coefficient (Wildman–Crippen LogP) is 4.32. The van der Waals surface area contributed by atoms with E-state index in [1.54, 1.807) is 31.6 Å². The lowest BCUT2D eigenvalue weighted by atomic mass is 9.94. The standard InChI is InChI=1S/C29H34N4O4/c1-20(21-13-15-23(16-14-21)33-19-9-17-30-33)31-26(34)25-29(4,37-28(2,3)36-25)27(35)32-18-8-12-24(32)22-10-6-5-7-11-22/h5-7,9-11,13-17,19-20,24-25H,8,12,18H2,1-4H3,(H,31,34)/t20-,24?,25?,29-/m1/s1. The van der Waals surface area contributed by atoms with Crippen LogP contribution in [0.25, 0.3) is 5.69 Å². The third-order valence-corrected chi connectivity index (χ3v) is 7.24. The number of likely N-dealkylation sites (tertiary alicyclic amines) is 1. The molecule has 1 aromatic heterocycles. The number of hydrogen-bond acceptors (Lipinski definition) is 5. The summed E-state index contributed by atoms with van der Waals surface area (Å²) < 4.78 is 14.0. The fourth-order valence-corrected chi connectivity index (χ4v) is 5.47. The van der Waals surface area contributed by atoms with Crippen LogP contribution in [0, 0.1) is 0 Å². The van der Waals surface area contributed by atoms with Crippen LogP contribution in [0.5, 0.6) is 0 Å². The van der Waals surface area contributed by atoms with Gasteiger partial charge in [-0.25, -0.2) is 4.68 Å². The van der Waals surface area contributed by atoms with E-state index < -0.39 is 17.5 Å². The molecule has 0 radical (unpaired) electrons. The minimum atomic E-state index is -1.45. The minimum absolute atomic E-state index is 0.0474. The number of amides is 2. The van der Waals surface area contributed by atoms with Crippen molar-refractivity contribution in [2.75, 3.05) is 6.54 Å². The minimum Gasteiger partial charge on any atom is -0.347 e. The highest BCUT2D eigenvalue weighted by Gasteiger charge is 2.60. The van der Waals surface area contributed by atoms with Gasteiger partial charge in [-0.1, -0.05) is 42.5 Å². The van der Waals surface area contributed by atoms with Gasteiger partial charge in [0, 0.05) is 18.9 Å². The molecule has 8 heteroatoms. The van der Waals surface area contributed by atoms with Gasteiger partial charge < -0.3 is 19.7 Å². The summed E-state index contributed by atoms with van der Waals surface area (Å²) in [5, 5.41) is 7.28. The van der Waals surface area contributed by atoms with E-state index in [0.717, 1.165) is 29.7 Å². The summed E-state index contributed by atoms with van der Waals surface area (Å²) in [6.07, 6.45) is 4.29. The van der Waals surface area contributed by atoms with Crippen LogP contribution in [0.4, 0.5) is 0 Å². The lowest BCUT2D eigenvalue weighted by molar-refractivity contribution is -0.178. The molecule has 37 heavy (non-hydrogen) atoms. The SMILES string of the molecule is C[C@@H](NC(=O)C1OC(C)(C)O[C@@]1(C)C(=O)N1CCCC1c1ccccc1)c1ccc(-n2cccn2)cc1. The molecule has 0 spiro atoms. The van der Waals surface area contributed by atoms with Crippen molar-refractivity contribution in [1.29, 1.82) is 0 Å². The van der Waals surface area contributed by atoms with Gasteiger partial charge in [-0.2, -0.15) is 5.10 Å². The van der Waals surface area contributed by atoms with E-state index in [0.29, 0.717) is 6.54 Å². The number of carbonyl (C=O) groups is 2. The largest absolute Gasteiger partial charge is 0.347 e. The van der Waals surface area contributed by atoms with Crippen molar-refractivity contribution in [3.8, 4) is 5.69 Å². The van der Waals surface area contributed by atoms with Gasteiger partial charge in [0.2, 0.25) is 0 Å². The van der Waals surface area contributed by atoms with Gasteiger partial charge in [0.15, 0.2) is 17.5 Å². The van der Waals surface area contributed by atoms with E-state index in [1.165, 1.54) is 0 Å². The Morgan fingerprint density at radius 1 is 1.05 bits per heavy atom. The highest BCUT2D eigenvalue weighted by atomic mass is 16.8. The van der Waals surface area contributed by atoms with E-state index in [9.17, 15) is 9.59 Å². The molecular formula is C29H34N4O4. The smallest absolute Gasteiger partial charge is 0.258 e. The van der Waals surface area contributed by atoms with Gasteiger partial charge in [0.25, 0.3) is 11.8 Å². The number of nitrogens with one attached hydrogen (secondary N) is 1. The zero-order valence-electron chi connectivity index (χ0n) is 21.8. The lowest BCUT2D eigenvalue weighted by Crippen LogP contribution is -2.57. The second-order valence-corrected chi connectivity index (χ2v) is 10.4. The van der Waals surface area contributed by atoms with Crippen LogP contribution >= 0.6 is 0 Å². The first-order valence-corrected chi connectivity index (χ1v) is 12.8. The van der Waals surface area contributed by atoms with Gasteiger partial charge in [-0.3, -0.25) is 9.59 Å². The third-order valence-electron chi connectivity index (χ3n) is 7.24. The summed E-state index contributed by atoms with van der Waals surface area (Å²) in [6.45, 7) is 7.68. The maximum Gasteiger partial charge on any atom is 0.258 e. The Bertz CT molecular complexity index is 1240. The number of benzene rings is 2. The average Bonchev–Trinajstić information content (AvgIpc) is 3.64. The second-order valence-electron chi connectivity index (χ2n) is 10.4. The molecule has 0 saturated carbocycles. The number of carbonyl (C=O) groups excluding carboxylic acids is 2. The second kappa shape index (κ2) is 9.76. The molecule has 194 valence electrons. The first kappa shape index (κ1) is 25.2. The monoisotopic (exact) mass is 502 g/mol. The number of hydrogen-bond donors (Lipinski definition) is 1. The average molecular weight is 503 g/mol. The molecule has 0 aliphatic carbocycles. The topological polar surface area (TPSA) is 85.7 Å². The van der Waals surface area contributed by atoms with Crippen LogP contribution in [0.1, 0.15) is 63.7 Å². The number of aromatic nitrogens is 2. The highest BCUT2D eigenvalue weighted by Crippen LogP contribution is 2.42. The van der Waals surface area contributed by atoms with Crippen molar-refractivity contribution < 1.29 is 19.1 Å². The summed E-state index contributed by atoms with van der Waals surface area (Å²) in [5.74, 6) is -1.68. The maximum atomic E-state index is 14.0. The first-order chi connectivity index (χ1) is 17.7. The molecule has 3 aromatic rings. The Morgan fingerprint density at radius 2 is 1.78 bits per heavy atom. The quantitative estimate of drug-likeness (QED) is 0.543. The van der Waals surface area contributed by atoms with Crippen LogP contribution in [0.2, 0.25) is 0 Å². The van der Waals surface area contributed by atoms with Crippen LogP contribution in [0.15, 0.2) is 73.1 Å². The summed E-state index contributed by atoms with van der Waals surface area (Å²) in [4.78, 5) is 29.4. The number of nitrogens with zero attached hydrogens (tertiary/aromatic N) is 3. The van der Waals surface area contributed by atoms with Crippen molar-refractivity contribution in [3.05, 3.63) is 84.2 Å². The molecule has 5 rings (SSSR count). The van der Waals surface area contributed by atoms with E-state index in [1.807, 2.05) is 78.7 Å². The Hall–Kier alpha value is -3.49. The summed E-state index contributed by atoms with van der Waals surface area (Å²) >= 11 is 0. The van der Waals surface area contributed by atoms with Crippen molar-refractivity contribution in [1.82, 2.24) is 20.0 Å². The fourth-order valence-electron chi connectivity index (χ4n) is 5.47. The molecule has 8 nitrogen and oxygen atoms in total. The molecule has 2 amide bonds. The Balaban J connectivity index is 1.34. The molecule has 1 N–H and O–H groups in total. The van der Waals surface area contributed by atoms with Crippen molar-refractivity contribution >= 4 is 11.8 Å². The highest BCUT2D eigenvalue weighted by molar-refractivity contribution is 5.95. The molecule has 2 aromatic carbocycles. The van der Waals surface area contributed by atoms with Crippen LogP contribution < -0.4 is 5.32 Å². The van der Waals surface area contributed by atoms with Crippen LogP contribution in [-0.4, -0.2) is 50.5 Å². The molecular weight excluding hydrogens is 468 g/mol. The zero-order chi connectivity index (χ0) is 26.2. The predicted molar refractivity (Wildman–Crippen MR) is 139 cm³/mol. The van der Waals surface area contributed by atoms with Crippen LogP contribution in [0.3, 0.4) is 0 Å². The molecule has 2 aliphatic heterocycles. The van der Waals surface area contributed by atoms with Crippen molar-refractivity contribution in [2.45, 2.75) is 70.1 Å². The summed E-state index contributed by atoms with van der Waals surface area (Å²) in [7, 11) is 0. The Labute approximate surface area is 217 Å². The summed E-state index contributed by atoms with van der Waals surface area (Å²) in [5.41, 5.74) is 1.50. The lowest BCUT2D eigenvalue weighted by Gasteiger charge is -2.35. The number of ether oxygens (including phenoxy) is 2. The maximum absolute atomic E-state index is 14.0. The van der Waals surface area contributed by atoms with Gasteiger partial charge in [-0.15, -0.1) is 0 Å². The number of rotatable bonds is 6. The molecule has 2 fully saturated rings. The normalized spacial score (nSPS) is 25.7. The van der Waals surface area contributed by atoms with E-state index in [2.05, 4.69) is 10.4 Å². The van der Waals surface area contributed by atoms with Crippen LogP contribution in [-0.2, 0) is 19.1 Å². The van der Waals surface area contributed by atoms with Gasteiger partial charge >= 0.3 is 0 Å². The van der Waals surface area contributed by atoms with Gasteiger partial charge in [0.1, 0.15) is 0 Å². The molecule has 2 aliphatic rings. The van der Waals surface area contributed by atoms with Crippen molar-refractivity contribution in [2.24, 2.45) is 0 Å². The molecule has 3 heterocycles. The van der Waals surface area contributed by atoms with Crippen molar-refractivity contribution in [3.63, 3.8) is 0 Å². The van der Waals surface area contributed by atoms with Gasteiger partial charge in [0.05, 0.1) is 17.8 Å². The van der Waals surface area contributed by atoms with E-state index in [-0.39, 0.29) is 23.9 Å². The molecule has 0 bridgehead atoms. The van der Waals surface area contributed by atoms with Gasteiger partial charge in [-0.05, 0) is 69.9 Å². The molecule has 2 unspecified atom stereocenters. The van der Waals surface area contributed by atoms with E-state index >= 15 is 0 Å². The summed E-state index contributed by atoms with van der Waals surface area (Å²) in [6, 6.07) is 19.3.